The van der Waals surface area contributed by atoms with Gasteiger partial charge in [-0.2, -0.15) is 0 Å². The van der Waals surface area contributed by atoms with Crippen molar-refractivity contribution in [3.8, 4) is 0 Å². The van der Waals surface area contributed by atoms with Crippen LogP contribution in [0.15, 0.2) is 24.3 Å². The lowest BCUT2D eigenvalue weighted by Gasteiger charge is -2.36. The molecule has 1 aromatic carbocycles. The molecule has 0 radical (unpaired) electrons. The SMILES string of the molecule is CC1(C)[C@H](C(=O)O)[C@H]1C(=O)N1CCN(c2ccccc2F)CC1. The zero-order chi connectivity index (χ0) is 16.8. The van der Waals surface area contributed by atoms with Crippen molar-refractivity contribution in [2.24, 2.45) is 17.3 Å². The maximum absolute atomic E-state index is 13.8. The molecule has 23 heavy (non-hydrogen) atoms. The molecule has 1 aliphatic heterocycles. The molecular formula is C17H21FN2O3. The van der Waals surface area contributed by atoms with Crippen molar-refractivity contribution in [3.05, 3.63) is 30.1 Å². The van der Waals surface area contributed by atoms with E-state index in [1.54, 1.807) is 23.1 Å². The quantitative estimate of drug-likeness (QED) is 0.923. The van der Waals surface area contributed by atoms with Crippen molar-refractivity contribution < 1.29 is 19.1 Å². The second-order valence-electron chi connectivity index (χ2n) is 6.88. The second kappa shape index (κ2) is 5.51. The minimum atomic E-state index is -0.904. The van der Waals surface area contributed by atoms with Gasteiger partial charge in [0.15, 0.2) is 0 Å². The third-order valence-electron chi connectivity index (χ3n) is 5.14. The molecule has 2 fully saturated rings. The van der Waals surface area contributed by atoms with Crippen molar-refractivity contribution in [2.45, 2.75) is 13.8 Å². The lowest BCUT2D eigenvalue weighted by molar-refractivity contribution is -0.142. The first-order valence-electron chi connectivity index (χ1n) is 7.85. The number of carboxylic acid groups (broad SMARTS) is 1. The fourth-order valence-electron chi connectivity index (χ4n) is 3.63. The molecule has 1 aliphatic carbocycles. The Morgan fingerprint density at radius 2 is 1.74 bits per heavy atom. The van der Waals surface area contributed by atoms with Gasteiger partial charge in [-0.1, -0.05) is 26.0 Å². The zero-order valence-electron chi connectivity index (χ0n) is 13.3. The van der Waals surface area contributed by atoms with E-state index < -0.39 is 23.2 Å². The number of carboxylic acids is 1. The van der Waals surface area contributed by atoms with Gasteiger partial charge in [-0.05, 0) is 17.5 Å². The molecule has 1 heterocycles. The van der Waals surface area contributed by atoms with Crippen LogP contribution in [0, 0.1) is 23.1 Å². The van der Waals surface area contributed by atoms with E-state index in [0.717, 1.165) is 0 Å². The monoisotopic (exact) mass is 320 g/mol. The first-order valence-corrected chi connectivity index (χ1v) is 7.85. The van der Waals surface area contributed by atoms with Crippen LogP contribution in [0.4, 0.5) is 10.1 Å². The molecule has 1 aromatic rings. The van der Waals surface area contributed by atoms with Gasteiger partial charge in [0.05, 0.1) is 17.5 Å². The second-order valence-corrected chi connectivity index (χ2v) is 6.88. The Kier molecular flexibility index (Phi) is 3.78. The van der Waals surface area contributed by atoms with Crippen LogP contribution in [0.5, 0.6) is 0 Å². The molecule has 0 spiro atoms. The Hall–Kier alpha value is -2.11. The lowest BCUT2D eigenvalue weighted by Crippen LogP contribution is -2.50. The lowest BCUT2D eigenvalue weighted by atomic mass is 10.1. The molecule has 5 nitrogen and oxygen atoms in total. The van der Waals surface area contributed by atoms with Crippen molar-refractivity contribution in [1.29, 1.82) is 0 Å². The Bertz CT molecular complexity index is 638. The standard InChI is InChI=1S/C17H21FN2O3/c1-17(2)13(14(17)16(22)23)15(21)20-9-7-19(8-10-20)12-6-4-3-5-11(12)18/h3-6,13-14H,7-10H2,1-2H3,(H,22,23)/t13-,14-/m0/s1. The normalized spacial score (nSPS) is 26.0. The molecule has 2 atom stereocenters. The number of benzene rings is 1. The van der Waals surface area contributed by atoms with Gasteiger partial charge in [-0.3, -0.25) is 9.59 Å². The predicted octanol–water partition coefficient (Wildman–Crippen LogP) is 1.83. The number of carbonyl (C=O) groups excluding carboxylic acids is 1. The number of hydrogen-bond acceptors (Lipinski definition) is 3. The van der Waals surface area contributed by atoms with Gasteiger partial charge in [0, 0.05) is 26.2 Å². The molecule has 1 N–H and O–H groups in total. The molecule has 1 saturated carbocycles. The van der Waals surface area contributed by atoms with Gasteiger partial charge in [0.1, 0.15) is 5.82 Å². The third kappa shape index (κ3) is 2.66. The van der Waals surface area contributed by atoms with E-state index in [1.165, 1.54) is 6.07 Å². The van der Waals surface area contributed by atoms with Crippen LogP contribution in [0.3, 0.4) is 0 Å². The Morgan fingerprint density at radius 1 is 1.13 bits per heavy atom. The number of amides is 1. The van der Waals surface area contributed by atoms with Crippen molar-refractivity contribution in [1.82, 2.24) is 4.90 Å². The zero-order valence-corrected chi connectivity index (χ0v) is 13.3. The van der Waals surface area contributed by atoms with Gasteiger partial charge in [0.25, 0.3) is 0 Å². The summed E-state index contributed by atoms with van der Waals surface area (Å²) >= 11 is 0. The maximum Gasteiger partial charge on any atom is 0.307 e. The Morgan fingerprint density at radius 3 is 2.26 bits per heavy atom. The molecule has 0 bridgehead atoms. The summed E-state index contributed by atoms with van der Waals surface area (Å²) in [5, 5.41) is 9.21. The van der Waals surface area contributed by atoms with E-state index in [0.29, 0.717) is 31.9 Å². The average Bonchev–Trinajstić information content (AvgIpc) is 3.10. The summed E-state index contributed by atoms with van der Waals surface area (Å²) in [4.78, 5) is 27.4. The summed E-state index contributed by atoms with van der Waals surface area (Å²) in [5.41, 5.74) is 0.0701. The van der Waals surface area contributed by atoms with Gasteiger partial charge in [0.2, 0.25) is 5.91 Å². The number of carbonyl (C=O) groups is 2. The van der Waals surface area contributed by atoms with Gasteiger partial charge >= 0.3 is 5.97 Å². The Balaban J connectivity index is 1.63. The largest absolute Gasteiger partial charge is 0.481 e. The van der Waals surface area contributed by atoms with Crippen LogP contribution in [0.2, 0.25) is 0 Å². The van der Waals surface area contributed by atoms with Crippen LogP contribution in [0.1, 0.15) is 13.8 Å². The summed E-state index contributed by atoms with van der Waals surface area (Å²) in [7, 11) is 0. The fraction of sp³-hybridized carbons (Fsp3) is 0.529. The van der Waals surface area contributed by atoms with E-state index in [2.05, 4.69) is 0 Å². The van der Waals surface area contributed by atoms with E-state index >= 15 is 0 Å². The summed E-state index contributed by atoms with van der Waals surface area (Å²) in [6, 6.07) is 6.61. The van der Waals surface area contributed by atoms with Crippen LogP contribution < -0.4 is 4.90 Å². The highest BCUT2D eigenvalue weighted by atomic mass is 19.1. The molecule has 0 aromatic heterocycles. The van der Waals surface area contributed by atoms with Crippen LogP contribution >= 0.6 is 0 Å². The molecule has 124 valence electrons. The summed E-state index contributed by atoms with van der Waals surface area (Å²) in [6.07, 6.45) is 0. The van der Waals surface area contributed by atoms with Gasteiger partial charge in [-0.25, -0.2) is 4.39 Å². The highest BCUT2D eigenvalue weighted by Gasteiger charge is 2.66. The number of halogens is 1. The third-order valence-corrected chi connectivity index (χ3v) is 5.14. The number of anilines is 1. The van der Waals surface area contributed by atoms with Crippen LogP contribution in [-0.2, 0) is 9.59 Å². The number of nitrogens with zero attached hydrogens (tertiary/aromatic N) is 2. The highest BCUT2D eigenvalue weighted by Crippen LogP contribution is 2.59. The number of hydrogen-bond donors (Lipinski definition) is 1. The van der Waals surface area contributed by atoms with Crippen LogP contribution in [-0.4, -0.2) is 48.1 Å². The van der Waals surface area contributed by atoms with Gasteiger partial charge in [-0.15, -0.1) is 0 Å². The summed E-state index contributed by atoms with van der Waals surface area (Å²) < 4.78 is 13.8. The summed E-state index contributed by atoms with van der Waals surface area (Å²) in [6.45, 7) is 5.74. The van der Waals surface area contributed by atoms with E-state index in [1.807, 2.05) is 18.7 Å². The minimum Gasteiger partial charge on any atom is -0.481 e. The van der Waals surface area contributed by atoms with Crippen molar-refractivity contribution >= 4 is 17.6 Å². The average molecular weight is 320 g/mol. The van der Waals surface area contributed by atoms with Crippen molar-refractivity contribution in [2.75, 3.05) is 31.1 Å². The maximum atomic E-state index is 13.8. The van der Waals surface area contributed by atoms with Gasteiger partial charge < -0.3 is 14.9 Å². The number of aliphatic carboxylic acids is 1. The fourth-order valence-corrected chi connectivity index (χ4v) is 3.63. The minimum absolute atomic E-state index is 0.0874. The highest BCUT2D eigenvalue weighted by molar-refractivity contribution is 5.91. The number of para-hydroxylation sites is 1. The van der Waals surface area contributed by atoms with E-state index in [-0.39, 0.29) is 11.7 Å². The molecule has 1 amide bonds. The molecule has 6 heteroatoms. The molecule has 3 rings (SSSR count). The predicted molar refractivity (Wildman–Crippen MR) is 83.6 cm³/mol. The van der Waals surface area contributed by atoms with E-state index in [9.17, 15) is 19.1 Å². The first-order chi connectivity index (χ1) is 10.8. The number of rotatable bonds is 3. The topological polar surface area (TPSA) is 60.9 Å². The molecule has 2 aliphatic rings. The molecule has 1 saturated heterocycles. The Labute approximate surface area is 134 Å². The first kappa shape index (κ1) is 15.8. The summed E-state index contributed by atoms with van der Waals surface area (Å²) in [5.74, 6) is -2.30. The number of piperazine rings is 1. The smallest absolute Gasteiger partial charge is 0.307 e. The van der Waals surface area contributed by atoms with Crippen molar-refractivity contribution in [3.63, 3.8) is 0 Å². The van der Waals surface area contributed by atoms with Crippen LogP contribution in [0.25, 0.3) is 0 Å². The van der Waals surface area contributed by atoms with E-state index in [4.69, 9.17) is 0 Å². The molecular weight excluding hydrogens is 299 g/mol. The molecule has 0 unspecified atom stereocenters.